The molecule has 0 bridgehead atoms. The van der Waals surface area contributed by atoms with Crippen LogP contribution in [0, 0.1) is 23.7 Å². The number of furan rings is 1. The van der Waals surface area contributed by atoms with E-state index in [2.05, 4.69) is 11.2 Å². The first kappa shape index (κ1) is 15.9. The standard InChI is InChI=1S/C18H14N2O3/c1-2-9-22-16-7-5-14(6-8-16)11-15(12-19)18(21)20-13-17-4-3-10-23-17/h1,3-8,10-11H,9,13H2,(H,20,21)/b15-11+. The van der Waals surface area contributed by atoms with Gasteiger partial charge in [0.05, 0.1) is 12.8 Å². The fraction of sp³-hybridized carbons (Fsp3) is 0.111. The number of terminal acetylenes is 1. The van der Waals surface area contributed by atoms with Crippen LogP contribution in [0.15, 0.2) is 52.7 Å². The molecule has 1 heterocycles. The molecule has 0 aliphatic carbocycles. The Balaban J connectivity index is 2.01. The summed E-state index contributed by atoms with van der Waals surface area (Å²) in [5.41, 5.74) is 0.719. The van der Waals surface area contributed by atoms with Crippen LogP contribution in [-0.4, -0.2) is 12.5 Å². The van der Waals surface area contributed by atoms with Crippen molar-refractivity contribution >= 4 is 12.0 Å². The number of amides is 1. The highest BCUT2D eigenvalue weighted by atomic mass is 16.5. The molecule has 0 saturated heterocycles. The lowest BCUT2D eigenvalue weighted by Crippen LogP contribution is -2.23. The minimum Gasteiger partial charge on any atom is -0.481 e. The van der Waals surface area contributed by atoms with E-state index in [0.717, 1.165) is 0 Å². The summed E-state index contributed by atoms with van der Waals surface area (Å²) in [6.45, 7) is 0.414. The van der Waals surface area contributed by atoms with Gasteiger partial charge in [-0.05, 0) is 35.9 Å². The van der Waals surface area contributed by atoms with E-state index in [-0.39, 0.29) is 18.7 Å². The topological polar surface area (TPSA) is 75.3 Å². The Labute approximate surface area is 134 Å². The number of nitrogens with one attached hydrogen (secondary N) is 1. The molecule has 23 heavy (non-hydrogen) atoms. The summed E-state index contributed by atoms with van der Waals surface area (Å²) in [6, 6.07) is 12.3. The summed E-state index contributed by atoms with van der Waals surface area (Å²) < 4.78 is 10.4. The molecule has 2 aromatic rings. The van der Waals surface area contributed by atoms with Crippen molar-refractivity contribution in [2.24, 2.45) is 0 Å². The van der Waals surface area contributed by atoms with E-state index in [1.54, 1.807) is 36.4 Å². The summed E-state index contributed by atoms with van der Waals surface area (Å²) in [6.07, 6.45) is 8.14. The SMILES string of the molecule is C#CCOc1ccc(/C=C(\C#N)C(=O)NCc2ccco2)cc1. The number of carbonyl (C=O) groups excluding carboxylic acids is 1. The van der Waals surface area contributed by atoms with Gasteiger partial charge in [0.25, 0.3) is 5.91 Å². The molecule has 0 saturated carbocycles. The predicted molar refractivity (Wildman–Crippen MR) is 84.9 cm³/mol. The quantitative estimate of drug-likeness (QED) is 0.505. The second kappa shape index (κ2) is 8.11. The molecular formula is C18H14N2O3. The average molecular weight is 306 g/mol. The first-order valence-electron chi connectivity index (χ1n) is 6.81. The van der Waals surface area contributed by atoms with E-state index in [0.29, 0.717) is 17.1 Å². The van der Waals surface area contributed by atoms with Gasteiger partial charge in [0.2, 0.25) is 0 Å². The largest absolute Gasteiger partial charge is 0.481 e. The third-order valence-corrected chi connectivity index (χ3v) is 2.88. The Morgan fingerprint density at radius 1 is 1.35 bits per heavy atom. The van der Waals surface area contributed by atoms with Crippen molar-refractivity contribution in [3.8, 4) is 24.2 Å². The summed E-state index contributed by atoms with van der Waals surface area (Å²) in [5.74, 6) is 3.16. The second-order valence-electron chi connectivity index (χ2n) is 4.49. The third kappa shape index (κ3) is 4.80. The molecule has 0 aliphatic rings. The monoisotopic (exact) mass is 306 g/mol. The smallest absolute Gasteiger partial charge is 0.262 e. The van der Waals surface area contributed by atoms with Crippen LogP contribution in [0.2, 0.25) is 0 Å². The Bertz CT molecular complexity index is 760. The molecule has 0 atom stereocenters. The Morgan fingerprint density at radius 2 is 2.13 bits per heavy atom. The van der Waals surface area contributed by atoms with Crippen LogP contribution in [0.1, 0.15) is 11.3 Å². The van der Waals surface area contributed by atoms with E-state index in [1.165, 1.54) is 12.3 Å². The van der Waals surface area contributed by atoms with Crippen LogP contribution in [0.5, 0.6) is 5.75 Å². The van der Waals surface area contributed by atoms with Crippen molar-refractivity contribution < 1.29 is 13.9 Å². The molecule has 114 valence electrons. The van der Waals surface area contributed by atoms with Gasteiger partial charge in [0.15, 0.2) is 0 Å². The Kier molecular flexibility index (Phi) is 5.62. The van der Waals surface area contributed by atoms with Gasteiger partial charge in [-0.15, -0.1) is 6.42 Å². The van der Waals surface area contributed by atoms with Crippen LogP contribution in [0.25, 0.3) is 6.08 Å². The minimum atomic E-state index is -0.462. The first-order valence-corrected chi connectivity index (χ1v) is 6.81. The Morgan fingerprint density at radius 3 is 2.74 bits per heavy atom. The number of hydrogen-bond donors (Lipinski definition) is 1. The van der Waals surface area contributed by atoms with Gasteiger partial charge >= 0.3 is 0 Å². The van der Waals surface area contributed by atoms with E-state index >= 15 is 0 Å². The number of hydrogen-bond acceptors (Lipinski definition) is 4. The van der Waals surface area contributed by atoms with Gasteiger partial charge in [-0.2, -0.15) is 5.26 Å². The molecular weight excluding hydrogens is 292 g/mol. The van der Waals surface area contributed by atoms with Crippen LogP contribution in [-0.2, 0) is 11.3 Å². The Hall–Kier alpha value is -3.44. The van der Waals surface area contributed by atoms with Gasteiger partial charge in [-0.25, -0.2) is 0 Å². The van der Waals surface area contributed by atoms with Gasteiger partial charge in [-0.1, -0.05) is 18.1 Å². The number of nitrogens with zero attached hydrogens (tertiary/aromatic N) is 1. The van der Waals surface area contributed by atoms with Crippen molar-refractivity contribution in [2.75, 3.05) is 6.61 Å². The second-order valence-corrected chi connectivity index (χ2v) is 4.49. The summed E-state index contributed by atoms with van der Waals surface area (Å²) in [7, 11) is 0. The van der Waals surface area contributed by atoms with Crippen molar-refractivity contribution in [1.82, 2.24) is 5.32 Å². The summed E-state index contributed by atoms with van der Waals surface area (Å²) in [4.78, 5) is 12.0. The molecule has 0 radical (unpaired) electrons. The van der Waals surface area contributed by atoms with Gasteiger partial charge < -0.3 is 14.5 Å². The zero-order valence-electron chi connectivity index (χ0n) is 12.3. The van der Waals surface area contributed by atoms with Crippen molar-refractivity contribution in [3.05, 3.63) is 59.6 Å². The molecule has 5 nitrogen and oxygen atoms in total. The fourth-order valence-corrected chi connectivity index (χ4v) is 1.78. The lowest BCUT2D eigenvalue weighted by Gasteiger charge is -2.04. The van der Waals surface area contributed by atoms with Gasteiger partial charge in [0, 0.05) is 0 Å². The molecule has 1 aromatic heterocycles. The molecule has 0 unspecified atom stereocenters. The molecule has 0 fully saturated rings. The maximum absolute atomic E-state index is 12.0. The highest BCUT2D eigenvalue weighted by Gasteiger charge is 2.09. The maximum atomic E-state index is 12.0. The number of benzene rings is 1. The van der Waals surface area contributed by atoms with E-state index in [9.17, 15) is 4.79 Å². The fourth-order valence-electron chi connectivity index (χ4n) is 1.78. The highest BCUT2D eigenvalue weighted by Crippen LogP contribution is 2.14. The summed E-state index contributed by atoms with van der Waals surface area (Å²) >= 11 is 0. The highest BCUT2D eigenvalue weighted by molar-refractivity contribution is 6.01. The number of nitriles is 1. The molecule has 1 amide bonds. The molecule has 1 N–H and O–H groups in total. The predicted octanol–water partition coefficient (Wildman–Crippen LogP) is 2.51. The van der Waals surface area contributed by atoms with Gasteiger partial charge in [0.1, 0.15) is 29.8 Å². The summed E-state index contributed by atoms with van der Waals surface area (Å²) in [5, 5.41) is 11.8. The van der Waals surface area contributed by atoms with Gasteiger partial charge in [-0.3, -0.25) is 4.79 Å². The average Bonchev–Trinajstić information content (AvgIpc) is 3.10. The van der Waals surface area contributed by atoms with Crippen molar-refractivity contribution in [1.29, 1.82) is 5.26 Å². The van der Waals surface area contributed by atoms with Crippen LogP contribution >= 0.6 is 0 Å². The molecule has 5 heteroatoms. The molecule has 2 rings (SSSR count). The first-order chi connectivity index (χ1) is 11.2. The number of ether oxygens (including phenoxy) is 1. The maximum Gasteiger partial charge on any atom is 0.262 e. The lowest BCUT2D eigenvalue weighted by molar-refractivity contribution is -0.117. The zero-order chi connectivity index (χ0) is 16.5. The zero-order valence-corrected chi connectivity index (χ0v) is 12.3. The third-order valence-electron chi connectivity index (χ3n) is 2.88. The van der Waals surface area contributed by atoms with Crippen molar-refractivity contribution in [2.45, 2.75) is 6.54 Å². The van der Waals surface area contributed by atoms with E-state index in [1.807, 2.05) is 6.07 Å². The number of carbonyl (C=O) groups is 1. The van der Waals surface area contributed by atoms with E-state index < -0.39 is 5.91 Å². The van der Waals surface area contributed by atoms with Crippen LogP contribution in [0.3, 0.4) is 0 Å². The lowest BCUT2D eigenvalue weighted by atomic mass is 10.1. The van der Waals surface area contributed by atoms with Crippen molar-refractivity contribution in [3.63, 3.8) is 0 Å². The molecule has 1 aromatic carbocycles. The van der Waals surface area contributed by atoms with E-state index in [4.69, 9.17) is 20.8 Å². The van der Waals surface area contributed by atoms with Crippen LogP contribution < -0.4 is 10.1 Å². The van der Waals surface area contributed by atoms with Crippen LogP contribution in [0.4, 0.5) is 0 Å². The number of rotatable bonds is 6. The molecule has 0 aliphatic heterocycles. The normalized spacial score (nSPS) is 10.4. The minimum absolute atomic E-state index is 0.00819. The molecule has 0 spiro atoms.